The standard InChI is InChI=1S/C32H64/c1-5-8-11-14-17-20-22-25-28-31(4)32(29-26-23-19-16-13-10-7-3)30-27-24-21-18-15-12-9-6-2/h32H,4-30H2,1-3H3. The molecule has 0 heteroatoms. The van der Waals surface area contributed by atoms with E-state index in [1.807, 2.05) is 0 Å². The van der Waals surface area contributed by atoms with E-state index in [1.54, 1.807) is 5.57 Å². The van der Waals surface area contributed by atoms with Crippen LogP contribution in [0.4, 0.5) is 0 Å². The Morgan fingerprint density at radius 3 is 1.03 bits per heavy atom. The highest BCUT2D eigenvalue weighted by Crippen LogP contribution is 2.28. The molecule has 0 radical (unpaired) electrons. The van der Waals surface area contributed by atoms with Crippen LogP contribution in [-0.2, 0) is 0 Å². The van der Waals surface area contributed by atoms with Gasteiger partial charge in [-0.25, -0.2) is 0 Å². The van der Waals surface area contributed by atoms with Gasteiger partial charge in [0.05, 0.1) is 0 Å². The van der Waals surface area contributed by atoms with Crippen LogP contribution in [0.1, 0.15) is 188 Å². The Hall–Kier alpha value is -0.260. The van der Waals surface area contributed by atoms with Crippen LogP contribution in [-0.4, -0.2) is 0 Å². The van der Waals surface area contributed by atoms with Gasteiger partial charge >= 0.3 is 0 Å². The van der Waals surface area contributed by atoms with Crippen molar-refractivity contribution >= 4 is 0 Å². The monoisotopic (exact) mass is 449 g/mol. The summed E-state index contributed by atoms with van der Waals surface area (Å²) in [6, 6.07) is 0. The summed E-state index contributed by atoms with van der Waals surface area (Å²) in [4.78, 5) is 0. The summed E-state index contributed by atoms with van der Waals surface area (Å²) in [6.07, 6.45) is 37.0. The third-order valence-corrected chi connectivity index (χ3v) is 7.49. The summed E-state index contributed by atoms with van der Waals surface area (Å²) in [5, 5.41) is 0. The molecule has 0 aliphatic rings. The van der Waals surface area contributed by atoms with Crippen molar-refractivity contribution in [2.45, 2.75) is 188 Å². The maximum absolute atomic E-state index is 4.60. The van der Waals surface area contributed by atoms with Crippen molar-refractivity contribution in [2.75, 3.05) is 0 Å². The van der Waals surface area contributed by atoms with E-state index < -0.39 is 0 Å². The lowest BCUT2D eigenvalue weighted by atomic mass is 9.86. The quantitative estimate of drug-likeness (QED) is 0.0865. The van der Waals surface area contributed by atoms with E-state index in [4.69, 9.17) is 0 Å². The Balaban J connectivity index is 4.03. The summed E-state index contributed by atoms with van der Waals surface area (Å²) in [5.41, 5.74) is 1.60. The molecule has 0 N–H and O–H groups in total. The molecule has 0 saturated heterocycles. The molecule has 0 aromatic carbocycles. The largest absolute Gasteiger partial charge is 0.0996 e. The van der Waals surface area contributed by atoms with Gasteiger partial charge in [-0.15, -0.1) is 0 Å². The molecule has 0 aromatic rings. The second kappa shape index (κ2) is 27.0. The zero-order chi connectivity index (χ0) is 23.5. The molecule has 0 aliphatic carbocycles. The van der Waals surface area contributed by atoms with Gasteiger partial charge in [0.15, 0.2) is 0 Å². The molecule has 192 valence electrons. The van der Waals surface area contributed by atoms with E-state index in [0.717, 1.165) is 5.92 Å². The molecule has 0 aliphatic heterocycles. The van der Waals surface area contributed by atoms with Crippen LogP contribution in [0.3, 0.4) is 0 Å². The van der Waals surface area contributed by atoms with Crippen molar-refractivity contribution in [3.63, 3.8) is 0 Å². The average Bonchev–Trinajstić information content (AvgIpc) is 2.80. The van der Waals surface area contributed by atoms with Gasteiger partial charge in [0, 0.05) is 0 Å². The number of rotatable bonds is 27. The molecule has 0 aromatic heterocycles. The number of hydrogen-bond donors (Lipinski definition) is 0. The van der Waals surface area contributed by atoms with Crippen molar-refractivity contribution in [1.29, 1.82) is 0 Å². The Morgan fingerprint density at radius 2 is 0.688 bits per heavy atom. The Morgan fingerprint density at radius 1 is 0.406 bits per heavy atom. The summed E-state index contributed by atoms with van der Waals surface area (Å²) in [5.74, 6) is 0.815. The fraction of sp³-hybridized carbons (Fsp3) is 0.938. The third-order valence-electron chi connectivity index (χ3n) is 7.49. The Labute approximate surface area is 205 Å². The van der Waals surface area contributed by atoms with Crippen molar-refractivity contribution in [3.05, 3.63) is 12.2 Å². The maximum Gasteiger partial charge on any atom is -0.0206 e. The number of unbranched alkanes of at least 4 members (excludes halogenated alkanes) is 20. The van der Waals surface area contributed by atoms with E-state index in [0.29, 0.717) is 0 Å². The van der Waals surface area contributed by atoms with Gasteiger partial charge in [0.2, 0.25) is 0 Å². The first-order chi connectivity index (χ1) is 15.8. The predicted octanol–water partition coefficient (Wildman–Crippen LogP) is 12.4. The second-order valence-corrected chi connectivity index (χ2v) is 10.8. The van der Waals surface area contributed by atoms with Gasteiger partial charge < -0.3 is 0 Å². The molecule has 0 amide bonds. The van der Waals surface area contributed by atoms with Gasteiger partial charge in [-0.1, -0.05) is 174 Å². The van der Waals surface area contributed by atoms with Crippen molar-refractivity contribution < 1.29 is 0 Å². The summed E-state index contributed by atoms with van der Waals surface area (Å²) in [7, 11) is 0. The lowest BCUT2D eigenvalue weighted by molar-refractivity contribution is 0.435. The zero-order valence-corrected chi connectivity index (χ0v) is 23.2. The highest BCUT2D eigenvalue weighted by atomic mass is 14.2. The Kier molecular flexibility index (Phi) is 26.8. The molecule has 0 saturated carbocycles. The number of hydrogen-bond acceptors (Lipinski definition) is 0. The van der Waals surface area contributed by atoms with Gasteiger partial charge in [0.25, 0.3) is 0 Å². The summed E-state index contributed by atoms with van der Waals surface area (Å²) >= 11 is 0. The van der Waals surface area contributed by atoms with Gasteiger partial charge in [-0.2, -0.15) is 0 Å². The van der Waals surface area contributed by atoms with Gasteiger partial charge in [-0.3, -0.25) is 0 Å². The van der Waals surface area contributed by atoms with Crippen LogP contribution in [0.2, 0.25) is 0 Å². The highest BCUT2D eigenvalue weighted by Gasteiger charge is 2.12. The van der Waals surface area contributed by atoms with Crippen molar-refractivity contribution in [1.82, 2.24) is 0 Å². The molecule has 0 fully saturated rings. The summed E-state index contributed by atoms with van der Waals surface area (Å²) < 4.78 is 0. The van der Waals surface area contributed by atoms with Gasteiger partial charge in [-0.05, 0) is 31.6 Å². The SMILES string of the molecule is C=C(CCCCCCCCCC)C(CCCCCCCCC)CCCCCCCCCC. The van der Waals surface area contributed by atoms with Crippen LogP contribution < -0.4 is 0 Å². The topological polar surface area (TPSA) is 0 Å². The molecule has 1 unspecified atom stereocenters. The molecular formula is C32H64. The lowest BCUT2D eigenvalue weighted by Crippen LogP contribution is -2.05. The fourth-order valence-corrected chi connectivity index (χ4v) is 5.12. The van der Waals surface area contributed by atoms with E-state index in [-0.39, 0.29) is 0 Å². The van der Waals surface area contributed by atoms with E-state index in [2.05, 4.69) is 27.4 Å². The molecule has 0 bridgehead atoms. The molecule has 1 atom stereocenters. The van der Waals surface area contributed by atoms with E-state index >= 15 is 0 Å². The molecule has 0 rings (SSSR count). The van der Waals surface area contributed by atoms with Crippen LogP contribution in [0.15, 0.2) is 12.2 Å². The normalized spacial score (nSPS) is 12.3. The zero-order valence-electron chi connectivity index (χ0n) is 23.2. The highest BCUT2D eigenvalue weighted by molar-refractivity contribution is 5.00. The number of allylic oxidation sites excluding steroid dienone is 1. The third kappa shape index (κ3) is 22.9. The van der Waals surface area contributed by atoms with Crippen LogP contribution in [0.25, 0.3) is 0 Å². The fourth-order valence-electron chi connectivity index (χ4n) is 5.12. The minimum Gasteiger partial charge on any atom is -0.0996 e. The van der Waals surface area contributed by atoms with E-state index in [9.17, 15) is 0 Å². The smallest absolute Gasteiger partial charge is 0.0206 e. The second-order valence-electron chi connectivity index (χ2n) is 10.8. The Bertz CT molecular complexity index is 355. The maximum atomic E-state index is 4.60. The minimum absolute atomic E-state index is 0.815. The molecule has 0 spiro atoms. The van der Waals surface area contributed by atoms with Crippen molar-refractivity contribution in [2.24, 2.45) is 5.92 Å². The summed E-state index contributed by atoms with van der Waals surface area (Å²) in [6.45, 7) is 11.5. The van der Waals surface area contributed by atoms with Crippen molar-refractivity contribution in [3.8, 4) is 0 Å². The molecular weight excluding hydrogens is 384 g/mol. The van der Waals surface area contributed by atoms with Crippen LogP contribution >= 0.6 is 0 Å². The molecule has 32 heavy (non-hydrogen) atoms. The minimum atomic E-state index is 0.815. The van der Waals surface area contributed by atoms with Crippen LogP contribution in [0, 0.1) is 5.92 Å². The first-order valence-electron chi connectivity index (χ1n) is 15.4. The van der Waals surface area contributed by atoms with Crippen LogP contribution in [0.5, 0.6) is 0 Å². The first-order valence-corrected chi connectivity index (χ1v) is 15.4. The molecule has 0 heterocycles. The lowest BCUT2D eigenvalue weighted by Gasteiger charge is -2.20. The first kappa shape index (κ1) is 31.7. The average molecular weight is 449 g/mol. The van der Waals surface area contributed by atoms with E-state index in [1.165, 1.54) is 167 Å². The van der Waals surface area contributed by atoms with Gasteiger partial charge in [0.1, 0.15) is 0 Å². The predicted molar refractivity (Wildman–Crippen MR) is 150 cm³/mol. The molecule has 0 nitrogen and oxygen atoms in total.